The first-order valence-electron chi connectivity index (χ1n) is 7.62. The van der Waals surface area contributed by atoms with Gasteiger partial charge in [0.05, 0.1) is 0 Å². The second-order valence-corrected chi connectivity index (χ2v) is 7.21. The highest BCUT2D eigenvalue weighted by atomic mass is 14.7. The fourth-order valence-electron chi connectivity index (χ4n) is 5.90. The Labute approximate surface area is 109 Å². The van der Waals surface area contributed by atoms with Crippen molar-refractivity contribution in [1.82, 2.24) is 4.98 Å². The molecular weight excluding hydrogens is 220 g/mol. The second-order valence-electron chi connectivity index (χ2n) is 7.21. The molecular formula is C16H24N2. The summed E-state index contributed by atoms with van der Waals surface area (Å²) in [5.41, 5.74) is 8.18. The summed E-state index contributed by atoms with van der Waals surface area (Å²) in [6, 6.07) is 2.25. The van der Waals surface area contributed by atoms with E-state index in [1.54, 1.807) is 0 Å². The molecule has 4 saturated carbocycles. The molecule has 18 heavy (non-hydrogen) atoms. The van der Waals surface area contributed by atoms with Crippen molar-refractivity contribution in [2.45, 2.75) is 44.4 Å². The molecule has 5 rings (SSSR count). The topological polar surface area (TPSA) is 41.8 Å². The first-order valence-corrected chi connectivity index (χ1v) is 7.62. The van der Waals surface area contributed by atoms with Crippen LogP contribution in [0.3, 0.4) is 0 Å². The molecule has 0 saturated heterocycles. The van der Waals surface area contributed by atoms with Gasteiger partial charge < -0.3 is 10.7 Å². The van der Waals surface area contributed by atoms with Crippen LogP contribution in [0.2, 0.25) is 0 Å². The number of H-pyrrole nitrogens is 1. The van der Waals surface area contributed by atoms with Gasteiger partial charge in [-0.25, -0.2) is 0 Å². The van der Waals surface area contributed by atoms with Gasteiger partial charge >= 0.3 is 0 Å². The van der Waals surface area contributed by atoms with E-state index in [2.05, 4.69) is 23.4 Å². The third-order valence-electron chi connectivity index (χ3n) is 6.08. The van der Waals surface area contributed by atoms with Crippen molar-refractivity contribution in [2.75, 3.05) is 6.54 Å². The van der Waals surface area contributed by atoms with E-state index in [1.807, 2.05) is 0 Å². The Hall–Kier alpha value is -0.760. The quantitative estimate of drug-likeness (QED) is 0.842. The largest absolute Gasteiger partial charge is 0.367 e. The summed E-state index contributed by atoms with van der Waals surface area (Å²) in [5, 5.41) is 0. The summed E-state index contributed by atoms with van der Waals surface area (Å²) in [4.78, 5) is 3.22. The van der Waals surface area contributed by atoms with Gasteiger partial charge in [-0.3, -0.25) is 0 Å². The normalized spacial score (nSPS) is 43.3. The van der Waals surface area contributed by atoms with E-state index in [0.717, 1.165) is 24.3 Å². The minimum absolute atomic E-state index is 0.547. The van der Waals surface area contributed by atoms with E-state index in [4.69, 9.17) is 5.73 Å². The van der Waals surface area contributed by atoms with Crippen LogP contribution in [0.25, 0.3) is 0 Å². The number of aromatic nitrogens is 1. The minimum atomic E-state index is 0.547. The van der Waals surface area contributed by atoms with Crippen LogP contribution in [0.1, 0.15) is 50.0 Å². The van der Waals surface area contributed by atoms with Crippen LogP contribution < -0.4 is 5.73 Å². The number of hydrogen-bond acceptors (Lipinski definition) is 1. The van der Waals surface area contributed by atoms with Gasteiger partial charge in [0.15, 0.2) is 0 Å². The molecule has 0 radical (unpaired) electrons. The zero-order chi connectivity index (χ0) is 12.2. The number of nitrogens with one attached hydrogen (secondary N) is 1. The van der Waals surface area contributed by atoms with E-state index in [0.29, 0.717) is 11.3 Å². The van der Waals surface area contributed by atoms with Crippen LogP contribution in [0.4, 0.5) is 0 Å². The number of rotatable bonds is 3. The fraction of sp³-hybridized carbons (Fsp3) is 0.750. The van der Waals surface area contributed by atoms with Gasteiger partial charge in [-0.2, -0.15) is 0 Å². The van der Waals surface area contributed by atoms with Gasteiger partial charge in [-0.1, -0.05) is 0 Å². The zero-order valence-electron chi connectivity index (χ0n) is 11.1. The maximum Gasteiger partial charge on any atom is 0.00408 e. The Morgan fingerprint density at radius 2 is 1.78 bits per heavy atom. The molecule has 4 bridgehead atoms. The monoisotopic (exact) mass is 244 g/mol. The molecule has 4 fully saturated rings. The Bertz CT molecular complexity index is 385. The molecule has 0 aromatic carbocycles. The fourth-order valence-corrected chi connectivity index (χ4v) is 5.90. The summed E-state index contributed by atoms with van der Waals surface area (Å²) in [6.07, 6.45) is 13.1. The van der Waals surface area contributed by atoms with Crippen LogP contribution >= 0.6 is 0 Å². The van der Waals surface area contributed by atoms with Crippen molar-refractivity contribution >= 4 is 0 Å². The van der Waals surface area contributed by atoms with E-state index in [-0.39, 0.29) is 0 Å². The number of aromatic amines is 1. The van der Waals surface area contributed by atoms with Gasteiger partial charge in [-0.05, 0) is 79.9 Å². The molecule has 4 aliphatic rings. The summed E-state index contributed by atoms with van der Waals surface area (Å²) in [5.74, 6) is 3.65. The van der Waals surface area contributed by atoms with Crippen LogP contribution in [0, 0.1) is 23.2 Å². The SMILES string of the molecule is NCC(c1cc[nH]c1)C12CC3CC(CC(C3)C1)C2. The van der Waals surface area contributed by atoms with Crippen LogP contribution in [-0.2, 0) is 0 Å². The van der Waals surface area contributed by atoms with Crippen LogP contribution in [0.5, 0.6) is 0 Å². The van der Waals surface area contributed by atoms with E-state index < -0.39 is 0 Å². The zero-order valence-corrected chi connectivity index (χ0v) is 11.1. The summed E-state index contributed by atoms with van der Waals surface area (Å²) < 4.78 is 0. The van der Waals surface area contributed by atoms with Crippen molar-refractivity contribution in [2.24, 2.45) is 28.9 Å². The first-order chi connectivity index (χ1) is 8.79. The van der Waals surface area contributed by atoms with Crippen LogP contribution in [0.15, 0.2) is 18.5 Å². The highest BCUT2D eigenvalue weighted by Crippen LogP contribution is 2.64. The van der Waals surface area contributed by atoms with E-state index in [1.165, 1.54) is 44.1 Å². The lowest BCUT2D eigenvalue weighted by Crippen LogP contribution is -2.50. The standard InChI is InChI=1S/C16H24N2/c17-9-15(14-1-2-18-10-14)16-6-11-3-12(7-16)5-13(4-11)8-16/h1-2,10-13,15,18H,3-9,17H2. The van der Waals surface area contributed by atoms with E-state index in [9.17, 15) is 0 Å². The van der Waals surface area contributed by atoms with Gasteiger partial charge in [0.2, 0.25) is 0 Å². The lowest BCUT2D eigenvalue weighted by Gasteiger charge is -2.59. The lowest BCUT2D eigenvalue weighted by atomic mass is 9.46. The smallest absolute Gasteiger partial charge is 0.00408 e. The van der Waals surface area contributed by atoms with Gasteiger partial charge in [0.25, 0.3) is 0 Å². The molecule has 1 unspecified atom stereocenters. The van der Waals surface area contributed by atoms with Crippen LogP contribution in [-0.4, -0.2) is 11.5 Å². The summed E-state index contributed by atoms with van der Waals surface area (Å²) in [6.45, 7) is 0.823. The predicted octanol–water partition coefficient (Wildman–Crippen LogP) is 3.27. The molecule has 1 aromatic rings. The molecule has 98 valence electrons. The lowest BCUT2D eigenvalue weighted by molar-refractivity contribution is -0.0671. The van der Waals surface area contributed by atoms with Crippen molar-refractivity contribution in [3.63, 3.8) is 0 Å². The van der Waals surface area contributed by atoms with Crippen molar-refractivity contribution in [3.8, 4) is 0 Å². The Kier molecular flexibility index (Phi) is 2.38. The highest BCUT2D eigenvalue weighted by molar-refractivity contribution is 5.22. The maximum absolute atomic E-state index is 6.17. The molecule has 2 nitrogen and oxygen atoms in total. The Morgan fingerprint density at radius 1 is 1.17 bits per heavy atom. The minimum Gasteiger partial charge on any atom is -0.367 e. The third kappa shape index (κ3) is 1.51. The molecule has 2 heteroatoms. The average molecular weight is 244 g/mol. The van der Waals surface area contributed by atoms with Gasteiger partial charge in [0.1, 0.15) is 0 Å². The number of hydrogen-bond donors (Lipinski definition) is 2. The maximum atomic E-state index is 6.17. The van der Waals surface area contributed by atoms with Gasteiger partial charge in [-0.15, -0.1) is 0 Å². The molecule has 3 N–H and O–H groups in total. The van der Waals surface area contributed by atoms with Crippen molar-refractivity contribution < 1.29 is 0 Å². The van der Waals surface area contributed by atoms with Gasteiger partial charge in [0, 0.05) is 18.3 Å². The summed E-state index contributed by atoms with van der Waals surface area (Å²) >= 11 is 0. The molecule has 1 heterocycles. The second kappa shape index (κ2) is 3.86. The molecule has 0 spiro atoms. The van der Waals surface area contributed by atoms with E-state index >= 15 is 0 Å². The Balaban J connectivity index is 1.70. The molecule has 1 aromatic heterocycles. The molecule has 0 aliphatic heterocycles. The average Bonchev–Trinajstić information content (AvgIpc) is 2.81. The predicted molar refractivity (Wildman–Crippen MR) is 73.2 cm³/mol. The third-order valence-corrected chi connectivity index (χ3v) is 6.08. The molecule has 0 amide bonds. The summed E-state index contributed by atoms with van der Waals surface area (Å²) in [7, 11) is 0. The Morgan fingerprint density at radius 3 is 2.22 bits per heavy atom. The van der Waals surface area contributed by atoms with Crippen molar-refractivity contribution in [3.05, 3.63) is 24.0 Å². The number of nitrogens with two attached hydrogens (primary N) is 1. The molecule has 1 atom stereocenters. The molecule has 4 aliphatic carbocycles. The first kappa shape index (κ1) is 11.1. The highest BCUT2D eigenvalue weighted by Gasteiger charge is 2.53. The van der Waals surface area contributed by atoms with Crippen molar-refractivity contribution in [1.29, 1.82) is 0 Å².